The Labute approximate surface area is 104 Å². The number of rotatable bonds is 4. The summed E-state index contributed by atoms with van der Waals surface area (Å²) in [5.41, 5.74) is 2.53. The van der Waals surface area contributed by atoms with Crippen LogP contribution in [0.2, 0.25) is 0 Å². The molecule has 1 atom stereocenters. The van der Waals surface area contributed by atoms with Gasteiger partial charge >= 0.3 is 0 Å². The molecule has 0 aromatic heterocycles. The quantitative estimate of drug-likeness (QED) is 0.862. The van der Waals surface area contributed by atoms with Gasteiger partial charge in [0.25, 0.3) is 0 Å². The van der Waals surface area contributed by atoms with Crippen LogP contribution in [-0.2, 0) is 0 Å². The topological polar surface area (TPSA) is 21.3 Å². The molecular weight excluding hydrogens is 210 g/mol. The molecule has 1 saturated heterocycles. The number of ether oxygens (including phenoxy) is 1. The second kappa shape index (κ2) is 6.06. The van der Waals surface area contributed by atoms with Crippen LogP contribution in [0.3, 0.4) is 0 Å². The van der Waals surface area contributed by atoms with Crippen LogP contribution < -0.4 is 10.1 Å². The fourth-order valence-electron chi connectivity index (χ4n) is 2.44. The largest absolute Gasteiger partial charge is 0.493 e. The molecule has 0 spiro atoms. The zero-order valence-corrected chi connectivity index (χ0v) is 11.0. The maximum absolute atomic E-state index is 5.85. The first kappa shape index (κ1) is 12.4. The van der Waals surface area contributed by atoms with E-state index in [0.717, 1.165) is 18.8 Å². The maximum atomic E-state index is 5.85. The summed E-state index contributed by atoms with van der Waals surface area (Å²) in [5.74, 6) is 1.03. The van der Waals surface area contributed by atoms with Crippen LogP contribution in [0.15, 0.2) is 18.2 Å². The monoisotopic (exact) mass is 233 g/mol. The predicted molar refractivity (Wildman–Crippen MR) is 71.7 cm³/mol. The highest BCUT2D eigenvalue weighted by Gasteiger charge is 2.12. The molecule has 17 heavy (non-hydrogen) atoms. The smallest absolute Gasteiger partial charge is 0.122 e. The Kier molecular flexibility index (Phi) is 4.43. The summed E-state index contributed by atoms with van der Waals surface area (Å²) in [5, 5.41) is 3.55. The lowest BCUT2D eigenvalue weighted by atomic mass is 10.0. The number of hydrogen-bond acceptors (Lipinski definition) is 2. The maximum Gasteiger partial charge on any atom is 0.122 e. The summed E-state index contributed by atoms with van der Waals surface area (Å²) in [6.07, 6.45) is 5.11. The molecule has 1 aromatic rings. The number of aryl methyl sites for hydroxylation is 2. The first-order valence-corrected chi connectivity index (χ1v) is 6.69. The van der Waals surface area contributed by atoms with Gasteiger partial charge in [0.05, 0.1) is 6.61 Å². The SMILES string of the molecule is Cc1ccc(OCCC2CCCCN2)c(C)c1. The number of hydrogen-bond donors (Lipinski definition) is 1. The van der Waals surface area contributed by atoms with Crippen molar-refractivity contribution in [3.05, 3.63) is 29.3 Å². The molecule has 1 aliphatic rings. The Bertz CT molecular complexity index is 356. The van der Waals surface area contributed by atoms with Gasteiger partial charge in [-0.1, -0.05) is 24.1 Å². The van der Waals surface area contributed by atoms with Gasteiger partial charge in [0.2, 0.25) is 0 Å². The highest BCUT2D eigenvalue weighted by Crippen LogP contribution is 2.19. The molecule has 1 fully saturated rings. The summed E-state index contributed by atoms with van der Waals surface area (Å²) < 4.78 is 5.85. The van der Waals surface area contributed by atoms with Crippen molar-refractivity contribution in [1.82, 2.24) is 5.32 Å². The van der Waals surface area contributed by atoms with Crippen LogP contribution in [0.1, 0.15) is 36.8 Å². The third kappa shape index (κ3) is 3.74. The first-order valence-electron chi connectivity index (χ1n) is 6.69. The van der Waals surface area contributed by atoms with E-state index < -0.39 is 0 Å². The van der Waals surface area contributed by atoms with Gasteiger partial charge < -0.3 is 10.1 Å². The highest BCUT2D eigenvalue weighted by atomic mass is 16.5. The lowest BCUT2D eigenvalue weighted by molar-refractivity contribution is 0.267. The summed E-state index contributed by atoms with van der Waals surface area (Å²) >= 11 is 0. The molecule has 1 unspecified atom stereocenters. The van der Waals surface area contributed by atoms with E-state index in [2.05, 4.69) is 37.4 Å². The van der Waals surface area contributed by atoms with E-state index in [1.54, 1.807) is 0 Å². The average molecular weight is 233 g/mol. The molecule has 1 N–H and O–H groups in total. The van der Waals surface area contributed by atoms with Gasteiger partial charge in [-0.15, -0.1) is 0 Å². The van der Waals surface area contributed by atoms with Crippen molar-refractivity contribution in [2.24, 2.45) is 0 Å². The van der Waals surface area contributed by atoms with Gasteiger partial charge in [-0.05, 0) is 51.3 Å². The van der Waals surface area contributed by atoms with Gasteiger partial charge in [0, 0.05) is 6.04 Å². The Morgan fingerprint density at radius 1 is 1.29 bits per heavy atom. The molecule has 1 aliphatic heterocycles. The van der Waals surface area contributed by atoms with E-state index in [1.165, 1.54) is 36.9 Å². The first-order chi connectivity index (χ1) is 8.25. The van der Waals surface area contributed by atoms with Crippen molar-refractivity contribution in [2.75, 3.05) is 13.2 Å². The minimum Gasteiger partial charge on any atom is -0.493 e. The van der Waals surface area contributed by atoms with Crippen LogP contribution in [-0.4, -0.2) is 19.2 Å². The lowest BCUT2D eigenvalue weighted by Crippen LogP contribution is -2.35. The summed E-state index contributed by atoms with van der Waals surface area (Å²) in [4.78, 5) is 0. The zero-order valence-electron chi connectivity index (χ0n) is 11.0. The van der Waals surface area contributed by atoms with Crippen LogP contribution in [0.5, 0.6) is 5.75 Å². The van der Waals surface area contributed by atoms with Gasteiger partial charge in [0.15, 0.2) is 0 Å². The van der Waals surface area contributed by atoms with E-state index in [9.17, 15) is 0 Å². The van der Waals surface area contributed by atoms with E-state index in [0.29, 0.717) is 6.04 Å². The zero-order chi connectivity index (χ0) is 12.1. The summed E-state index contributed by atoms with van der Waals surface area (Å²) in [6.45, 7) is 6.22. The van der Waals surface area contributed by atoms with Crippen LogP contribution in [0.4, 0.5) is 0 Å². The molecular formula is C15H23NO. The second-order valence-electron chi connectivity index (χ2n) is 5.05. The van der Waals surface area contributed by atoms with Crippen molar-refractivity contribution in [1.29, 1.82) is 0 Å². The van der Waals surface area contributed by atoms with Crippen molar-refractivity contribution >= 4 is 0 Å². The average Bonchev–Trinajstić information content (AvgIpc) is 2.33. The summed E-state index contributed by atoms with van der Waals surface area (Å²) in [7, 11) is 0. The Morgan fingerprint density at radius 3 is 2.88 bits per heavy atom. The molecule has 0 radical (unpaired) electrons. The van der Waals surface area contributed by atoms with Crippen LogP contribution >= 0.6 is 0 Å². The predicted octanol–water partition coefficient (Wildman–Crippen LogP) is 3.21. The normalized spacial score (nSPS) is 20.2. The fraction of sp³-hybridized carbons (Fsp3) is 0.600. The minimum absolute atomic E-state index is 0.662. The molecule has 2 nitrogen and oxygen atoms in total. The molecule has 0 amide bonds. The van der Waals surface area contributed by atoms with Gasteiger partial charge in [0.1, 0.15) is 5.75 Å². The number of benzene rings is 1. The Hall–Kier alpha value is -1.02. The lowest BCUT2D eigenvalue weighted by Gasteiger charge is -2.23. The van der Waals surface area contributed by atoms with E-state index in [-0.39, 0.29) is 0 Å². The van der Waals surface area contributed by atoms with Gasteiger partial charge in [-0.25, -0.2) is 0 Å². The van der Waals surface area contributed by atoms with Crippen LogP contribution in [0.25, 0.3) is 0 Å². The van der Waals surface area contributed by atoms with Gasteiger partial charge in [-0.3, -0.25) is 0 Å². The van der Waals surface area contributed by atoms with Gasteiger partial charge in [-0.2, -0.15) is 0 Å². The Balaban J connectivity index is 1.77. The summed E-state index contributed by atoms with van der Waals surface area (Å²) in [6, 6.07) is 7.03. The molecule has 2 heteroatoms. The highest BCUT2D eigenvalue weighted by molar-refractivity contribution is 5.35. The molecule has 1 heterocycles. The molecule has 2 rings (SSSR count). The third-order valence-electron chi connectivity index (χ3n) is 3.47. The van der Waals surface area contributed by atoms with Crippen LogP contribution in [0, 0.1) is 13.8 Å². The third-order valence-corrected chi connectivity index (χ3v) is 3.47. The Morgan fingerprint density at radius 2 is 2.18 bits per heavy atom. The second-order valence-corrected chi connectivity index (χ2v) is 5.05. The van der Waals surface area contributed by atoms with E-state index in [1.807, 2.05) is 0 Å². The molecule has 1 aromatic carbocycles. The fourth-order valence-corrected chi connectivity index (χ4v) is 2.44. The van der Waals surface area contributed by atoms with Crippen molar-refractivity contribution in [2.45, 2.75) is 45.6 Å². The molecule has 0 aliphatic carbocycles. The number of piperidine rings is 1. The number of nitrogens with one attached hydrogen (secondary N) is 1. The van der Waals surface area contributed by atoms with Crippen molar-refractivity contribution < 1.29 is 4.74 Å². The van der Waals surface area contributed by atoms with E-state index in [4.69, 9.17) is 4.74 Å². The standard InChI is InChI=1S/C15H23NO/c1-12-6-7-15(13(2)11-12)17-10-8-14-5-3-4-9-16-14/h6-7,11,14,16H,3-5,8-10H2,1-2H3. The van der Waals surface area contributed by atoms with Crippen molar-refractivity contribution in [3.63, 3.8) is 0 Å². The minimum atomic E-state index is 0.662. The molecule has 0 bridgehead atoms. The van der Waals surface area contributed by atoms with E-state index >= 15 is 0 Å². The molecule has 94 valence electrons. The van der Waals surface area contributed by atoms with Crippen molar-refractivity contribution in [3.8, 4) is 5.75 Å². The molecule has 0 saturated carbocycles.